The molecule has 0 bridgehead atoms. The minimum Gasteiger partial charge on any atom is -0.494 e. The molecule has 1 amide bonds. The van der Waals surface area contributed by atoms with Crippen LogP contribution in [-0.4, -0.2) is 48.6 Å². The van der Waals surface area contributed by atoms with Gasteiger partial charge in [-0.15, -0.1) is 0 Å². The van der Waals surface area contributed by atoms with E-state index in [1.54, 1.807) is 26.0 Å². The van der Waals surface area contributed by atoms with Crippen molar-refractivity contribution in [2.24, 2.45) is 0 Å². The summed E-state index contributed by atoms with van der Waals surface area (Å²) in [7, 11) is 4.72. The number of hydrogen-bond donors (Lipinski definition) is 1. The summed E-state index contributed by atoms with van der Waals surface area (Å²) < 4.78 is 24.9. The second-order valence-electron chi connectivity index (χ2n) is 8.08. The van der Waals surface area contributed by atoms with Crippen LogP contribution in [0.25, 0.3) is 15.3 Å². The van der Waals surface area contributed by atoms with E-state index in [4.69, 9.17) is 29.0 Å². The fourth-order valence-electron chi connectivity index (χ4n) is 4.51. The normalized spacial score (nSPS) is 15.0. The van der Waals surface area contributed by atoms with Gasteiger partial charge < -0.3 is 24.3 Å². The van der Waals surface area contributed by atoms with E-state index in [0.29, 0.717) is 34.8 Å². The van der Waals surface area contributed by atoms with Crippen molar-refractivity contribution in [3.05, 3.63) is 47.2 Å². The first kappa shape index (κ1) is 23.0. The Morgan fingerprint density at radius 3 is 2.51 bits per heavy atom. The molecular weight excluding hydrogens is 468 g/mol. The van der Waals surface area contributed by atoms with Gasteiger partial charge in [0.1, 0.15) is 11.6 Å². The van der Waals surface area contributed by atoms with Crippen molar-refractivity contribution in [2.45, 2.75) is 26.2 Å². The summed E-state index contributed by atoms with van der Waals surface area (Å²) in [6, 6.07) is 9.58. The molecule has 1 atom stereocenters. The van der Waals surface area contributed by atoms with E-state index < -0.39 is 0 Å². The smallest absolute Gasteiger partial charge is 0.226 e. The van der Waals surface area contributed by atoms with Crippen LogP contribution >= 0.6 is 11.3 Å². The molecular formula is C25H26N4O5S. The van der Waals surface area contributed by atoms with Crippen molar-refractivity contribution in [1.29, 1.82) is 0 Å². The summed E-state index contributed by atoms with van der Waals surface area (Å²) in [4.78, 5) is 17.6. The number of nitrogens with one attached hydrogen (secondary N) is 1. The minimum atomic E-state index is -0.236. The highest BCUT2D eigenvalue weighted by Gasteiger charge is 2.34. The molecule has 0 aliphatic carbocycles. The fourth-order valence-corrected chi connectivity index (χ4v) is 5.47. The second-order valence-corrected chi connectivity index (χ2v) is 9.09. The van der Waals surface area contributed by atoms with Crippen molar-refractivity contribution in [3.8, 4) is 28.1 Å². The van der Waals surface area contributed by atoms with E-state index in [9.17, 15) is 4.79 Å². The minimum absolute atomic E-state index is 0.0999. The van der Waals surface area contributed by atoms with Crippen molar-refractivity contribution in [2.75, 3.05) is 33.3 Å². The Kier molecular flexibility index (Phi) is 5.98. The number of anilines is 1. The van der Waals surface area contributed by atoms with E-state index in [-0.39, 0.29) is 18.2 Å². The van der Waals surface area contributed by atoms with Gasteiger partial charge in [0.25, 0.3) is 0 Å². The lowest BCUT2D eigenvalue weighted by Gasteiger charge is -2.25. The lowest BCUT2D eigenvalue weighted by atomic mass is 9.85. The van der Waals surface area contributed by atoms with Crippen molar-refractivity contribution >= 4 is 33.3 Å². The SMILES string of the molecule is CCOc1ccc2nc(-n3nc(C)c4c3NC(=O)CC4c3cc(OC)c(OC)c(OC)c3)sc2c1. The molecule has 5 rings (SSSR count). The van der Waals surface area contributed by atoms with Crippen LogP contribution in [-0.2, 0) is 4.79 Å². The molecule has 0 radical (unpaired) electrons. The van der Waals surface area contributed by atoms with Gasteiger partial charge >= 0.3 is 0 Å². The summed E-state index contributed by atoms with van der Waals surface area (Å²) in [6.07, 6.45) is 0.274. The van der Waals surface area contributed by atoms with Gasteiger partial charge in [-0.1, -0.05) is 11.3 Å². The number of benzene rings is 2. The number of fused-ring (bicyclic) bond motifs is 2. The Morgan fingerprint density at radius 2 is 1.86 bits per heavy atom. The van der Waals surface area contributed by atoms with E-state index in [2.05, 4.69) is 5.32 Å². The number of nitrogens with zero attached hydrogens (tertiary/aromatic N) is 3. The summed E-state index contributed by atoms with van der Waals surface area (Å²) in [5.41, 5.74) is 3.48. The van der Waals surface area contributed by atoms with Crippen LogP contribution in [0.1, 0.15) is 36.1 Å². The molecule has 2 aromatic heterocycles. The van der Waals surface area contributed by atoms with Crippen LogP contribution in [0, 0.1) is 6.92 Å². The number of hydrogen-bond acceptors (Lipinski definition) is 8. The number of rotatable bonds is 7. The van der Waals surface area contributed by atoms with Gasteiger partial charge in [-0.05, 0) is 49.7 Å². The first-order valence-electron chi connectivity index (χ1n) is 11.2. The van der Waals surface area contributed by atoms with Crippen LogP contribution in [0.4, 0.5) is 5.82 Å². The molecule has 3 heterocycles. The zero-order valence-electron chi connectivity index (χ0n) is 20.2. The van der Waals surface area contributed by atoms with Gasteiger partial charge in [-0.2, -0.15) is 9.78 Å². The van der Waals surface area contributed by atoms with Gasteiger partial charge in [-0.25, -0.2) is 4.98 Å². The molecule has 2 aromatic carbocycles. The number of amides is 1. The quantitative estimate of drug-likeness (QED) is 0.398. The summed E-state index contributed by atoms with van der Waals surface area (Å²) in [5, 5.41) is 8.47. The van der Waals surface area contributed by atoms with Crippen molar-refractivity contribution in [1.82, 2.24) is 14.8 Å². The van der Waals surface area contributed by atoms with Crippen LogP contribution in [0.15, 0.2) is 30.3 Å². The molecule has 9 nitrogen and oxygen atoms in total. The van der Waals surface area contributed by atoms with Crippen LogP contribution < -0.4 is 24.3 Å². The van der Waals surface area contributed by atoms with E-state index >= 15 is 0 Å². The Labute approximate surface area is 206 Å². The second kappa shape index (κ2) is 9.10. The van der Waals surface area contributed by atoms with E-state index in [1.807, 2.05) is 44.2 Å². The van der Waals surface area contributed by atoms with Gasteiger partial charge in [0.2, 0.25) is 16.8 Å². The third kappa shape index (κ3) is 3.93. The van der Waals surface area contributed by atoms with Gasteiger partial charge in [-0.3, -0.25) is 4.79 Å². The fraction of sp³-hybridized carbons (Fsp3) is 0.320. The molecule has 35 heavy (non-hydrogen) atoms. The van der Waals surface area contributed by atoms with Gasteiger partial charge in [0.05, 0.1) is 43.8 Å². The molecule has 10 heteroatoms. The highest BCUT2D eigenvalue weighted by molar-refractivity contribution is 7.20. The van der Waals surface area contributed by atoms with Crippen LogP contribution in [0.3, 0.4) is 0 Å². The molecule has 4 aromatic rings. The van der Waals surface area contributed by atoms with Crippen molar-refractivity contribution < 1.29 is 23.7 Å². The lowest BCUT2D eigenvalue weighted by Crippen LogP contribution is -2.25. The standard InChI is InChI=1S/C25H26N4O5S/c1-6-34-15-7-8-17-20(11-15)35-25(26-17)29-24-22(13(2)28-29)16(12-21(30)27-24)14-9-18(31-3)23(33-5)19(10-14)32-4/h7-11,16H,6,12H2,1-5H3,(H,27,30). The van der Waals surface area contributed by atoms with Gasteiger partial charge in [0, 0.05) is 17.9 Å². The van der Waals surface area contributed by atoms with Gasteiger partial charge in [0.15, 0.2) is 11.5 Å². The summed E-state index contributed by atoms with van der Waals surface area (Å²) >= 11 is 1.49. The average Bonchev–Trinajstić information content (AvgIpc) is 3.43. The lowest BCUT2D eigenvalue weighted by molar-refractivity contribution is -0.116. The molecule has 1 unspecified atom stereocenters. The van der Waals surface area contributed by atoms with E-state index in [1.165, 1.54) is 11.3 Å². The maximum Gasteiger partial charge on any atom is 0.226 e. The third-order valence-corrected chi connectivity index (χ3v) is 7.03. The zero-order chi connectivity index (χ0) is 24.7. The van der Waals surface area contributed by atoms with Crippen LogP contribution in [0.5, 0.6) is 23.0 Å². The maximum absolute atomic E-state index is 12.9. The van der Waals surface area contributed by atoms with E-state index in [0.717, 1.165) is 32.8 Å². The highest BCUT2D eigenvalue weighted by atomic mass is 32.1. The number of ether oxygens (including phenoxy) is 4. The number of methoxy groups -OCH3 is 3. The summed E-state index contributed by atoms with van der Waals surface area (Å²) in [5.74, 6) is 2.67. The Bertz CT molecular complexity index is 1400. The summed E-state index contributed by atoms with van der Waals surface area (Å²) in [6.45, 7) is 4.49. The topological polar surface area (TPSA) is 96.7 Å². The molecule has 0 spiro atoms. The first-order valence-corrected chi connectivity index (χ1v) is 12.0. The Hall–Kier alpha value is -3.79. The zero-order valence-corrected chi connectivity index (χ0v) is 21.0. The number of carbonyl (C=O) groups excluding carboxylic acids is 1. The average molecular weight is 495 g/mol. The number of thiazole rings is 1. The third-order valence-electron chi connectivity index (χ3n) is 6.03. The maximum atomic E-state index is 12.9. The Balaban J connectivity index is 1.63. The molecule has 0 saturated carbocycles. The molecule has 0 saturated heterocycles. The Morgan fingerprint density at radius 1 is 1.11 bits per heavy atom. The van der Waals surface area contributed by atoms with Crippen LogP contribution in [0.2, 0.25) is 0 Å². The predicted octanol–water partition coefficient (Wildman–Crippen LogP) is 4.69. The monoisotopic (exact) mass is 494 g/mol. The largest absolute Gasteiger partial charge is 0.494 e. The molecule has 1 N–H and O–H groups in total. The number of carbonyl (C=O) groups is 1. The first-order chi connectivity index (χ1) is 17.0. The predicted molar refractivity (Wildman–Crippen MR) is 134 cm³/mol. The molecule has 1 aliphatic heterocycles. The molecule has 1 aliphatic rings. The number of aryl methyl sites for hydroxylation is 1. The molecule has 182 valence electrons. The van der Waals surface area contributed by atoms with Crippen molar-refractivity contribution in [3.63, 3.8) is 0 Å². The number of aromatic nitrogens is 3. The highest BCUT2D eigenvalue weighted by Crippen LogP contribution is 2.46. The molecule has 0 fully saturated rings.